The fourth-order valence-electron chi connectivity index (χ4n) is 3.75. The van der Waals surface area contributed by atoms with Gasteiger partial charge in [0.05, 0.1) is 4.92 Å². The molecule has 0 N–H and O–H groups in total. The Kier molecular flexibility index (Phi) is 3.92. The highest BCUT2D eigenvalue weighted by Crippen LogP contribution is 2.33. The van der Waals surface area contributed by atoms with E-state index in [0.717, 1.165) is 23.8 Å². The number of non-ortho nitro benzene ring substituents is 1. The number of hydrogen-bond acceptors (Lipinski definition) is 3. The van der Waals surface area contributed by atoms with Crippen molar-refractivity contribution in [3.8, 4) is 0 Å². The molecule has 130 valence electrons. The largest absolute Gasteiger partial charge is 0.337 e. The van der Waals surface area contributed by atoms with Crippen LogP contribution in [-0.4, -0.2) is 22.8 Å². The van der Waals surface area contributed by atoms with E-state index in [1.807, 2.05) is 24.3 Å². The number of amides is 1. The lowest BCUT2D eigenvalue weighted by molar-refractivity contribution is -0.384. The summed E-state index contributed by atoms with van der Waals surface area (Å²) in [5, 5.41) is 13.1. The van der Waals surface area contributed by atoms with Gasteiger partial charge in [0.2, 0.25) is 0 Å². The normalized spacial score (nSPS) is 12.3. The van der Waals surface area contributed by atoms with Crippen LogP contribution < -0.4 is 0 Å². The number of hydrogen-bond donors (Lipinski definition) is 0. The van der Waals surface area contributed by atoms with Crippen molar-refractivity contribution in [2.24, 2.45) is 0 Å². The molecule has 4 rings (SSSR count). The van der Waals surface area contributed by atoms with Crippen LogP contribution in [0.4, 0.5) is 5.69 Å². The third-order valence-corrected chi connectivity index (χ3v) is 5.00. The lowest BCUT2D eigenvalue weighted by Crippen LogP contribution is -2.26. The van der Waals surface area contributed by atoms with Crippen LogP contribution in [0.1, 0.15) is 27.0 Å². The molecule has 0 aromatic heterocycles. The van der Waals surface area contributed by atoms with Crippen LogP contribution in [0.25, 0.3) is 10.8 Å². The van der Waals surface area contributed by atoms with E-state index < -0.39 is 4.92 Å². The number of nitro groups is 1. The minimum absolute atomic E-state index is 0.0358. The van der Waals surface area contributed by atoms with Gasteiger partial charge in [-0.2, -0.15) is 0 Å². The van der Waals surface area contributed by atoms with Crippen molar-refractivity contribution in [1.29, 1.82) is 0 Å². The molecular formula is C21H18N2O3. The number of aryl methyl sites for hydroxylation is 2. The zero-order valence-electron chi connectivity index (χ0n) is 14.4. The number of nitrogens with zero attached hydrogens (tertiary/aromatic N) is 2. The Morgan fingerprint density at radius 1 is 1.08 bits per heavy atom. The Morgan fingerprint density at radius 3 is 2.58 bits per heavy atom. The highest BCUT2D eigenvalue weighted by atomic mass is 16.6. The molecule has 0 saturated heterocycles. The average Bonchev–Trinajstić information content (AvgIpc) is 3.07. The van der Waals surface area contributed by atoms with Crippen molar-refractivity contribution in [2.75, 3.05) is 7.05 Å². The van der Waals surface area contributed by atoms with E-state index in [4.69, 9.17) is 0 Å². The average molecular weight is 346 g/mol. The maximum absolute atomic E-state index is 13.0. The van der Waals surface area contributed by atoms with Gasteiger partial charge in [0.25, 0.3) is 11.6 Å². The van der Waals surface area contributed by atoms with E-state index in [9.17, 15) is 14.9 Å². The monoisotopic (exact) mass is 346 g/mol. The summed E-state index contributed by atoms with van der Waals surface area (Å²) >= 11 is 0. The standard InChI is InChI=1S/C21H18N2O3/c1-22(13-14-4-2-6-17(12-14)23(25)26)21(24)19-11-10-16-9-8-15-5-3-7-18(19)20(15)16/h2-7,10-12H,8-9,13H2,1H3. The molecule has 1 aliphatic carbocycles. The molecule has 3 aromatic rings. The van der Waals surface area contributed by atoms with Crippen LogP contribution in [-0.2, 0) is 19.4 Å². The maximum Gasteiger partial charge on any atom is 0.269 e. The molecule has 0 aliphatic heterocycles. The van der Waals surface area contributed by atoms with Crippen molar-refractivity contribution >= 4 is 22.4 Å². The molecule has 0 saturated carbocycles. The molecule has 5 nitrogen and oxygen atoms in total. The fraction of sp³-hybridized carbons (Fsp3) is 0.190. The second-order valence-corrected chi connectivity index (χ2v) is 6.70. The van der Waals surface area contributed by atoms with Crippen molar-refractivity contribution in [3.05, 3.63) is 87.0 Å². The van der Waals surface area contributed by atoms with Crippen LogP contribution in [0.2, 0.25) is 0 Å². The van der Waals surface area contributed by atoms with E-state index in [2.05, 4.69) is 6.07 Å². The molecule has 5 heteroatoms. The number of nitro benzene ring substituents is 1. The van der Waals surface area contributed by atoms with Gasteiger partial charge in [0, 0.05) is 31.3 Å². The summed E-state index contributed by atoms with van der Waals surface area (Å²) in [6.45, 7) is 0.323. The van der Waals surface area contributed by atoms with E-state index in [1.54, 1.807) is 24.1 Å². The Labute approximate surface area is 151 Å². The molecular weight excluding hydrogens is 328 g/mol. The van der Waals surface area contributed by atoms with Crippen LogP contribution in [0, 0.1) is 10.1 Å². The predicted octanol–water partition coefficient (Wildman–Crippen LogP) is 4.12. The molecule has 0 bridgehead atoms. The smallest absolute Gasteiger partial charge is 0.269 e. The summed E-state index contributed by atoms with van der Waals surface area (Å²) in [5.74, 6) is -0.0768. The second-order valence-electron chi connectivity index (χ2n) is 6.70. The SMILES string of the molecule is CN(Cc1cccc([N+](=O)[O-])c1)C(=O)c1ccc2c3c(cccc13)CC2. The van der Waals surface area contributed by atoms with Crippen LogP contribution >= 0.6 is 0 Å². The molecule has 0 spiro atoms. The minimum atomic E-state index is -0.422. The van der Waals surface area contributed by atoms with Gasteiger partial charge in [0.1, 0.15) is 0 Å². The molecule has 0 fully saturated rings. The third kappa shape index (κ3) is 2.71. The Morgan fingerprint density at radius 2 is 1.81 bits per heavy atom. The first-order valence-electron chi connectivity index (χ1n) is 8.57. The Balaban J connectivity index is 1.65. The Bertz CT molecular complexity index is 1030. The zero-order chi connectivity index (χ0) is 18.3. The number of carbonyl (C=O) groups is 1. The summed E-state index contributed by atoms with van der Waals surface area (Å²) in [4.78, 5) is 25.1. The third-order valence-electron chi connectivity index (χ3n) is 5.00. The van der Waals surface area contributed by atoms with E-state index in [1.165, 1.54) is 28.6 Å². The van der Waals surface area contributed by atoms with E-state index >= 15 is 0 Å². The first kappa shape index (κ1) is 16.3. The molecule has 0 unspecified atom stereocenters. The highest BCUT2D eigenvalue weighted by molar-refractivity contribution is 6.09. The van der Waals surface area contributed by atoms with Crippen molar-refractivity contribution in [1.82, 2.24) is 4.90 Å². The molecule has 1 aliphatic rings. The van der Waals surface area contributed by atoms with E-state index in [0.29, 0.717) is 12.1 Å². The number of carbonyl (C=O) groups excluding carboxylic acids is 1. The van der Waals surface area contributed by atoms with Gasteiger partial charge in [-0.05, 0) is 46.4 Å². The first-order valence-corrected chi connectivity index (χ1v) is 8.57. The molecule has 1 amide bonds. The zero-order valence-corrected chi connectivity index (χ0v) is 14.4. The lowest BCUT2D eigenvalue weighted by Gasteiger charge is -2.19. The van der Waals surface area contributed by atoms with Crippen molar-refractivity contribution < 1.29 is 9.72 Å². The van der Waals surface area contributed by atoms with Gasteiger partial charge in [0.15, 0.2) is 0 Å². The topological polar surface area (TPSA) is 63.4 Å². The van der Waals surface area contributed by atoms with Crippen molar-refractivity contribution in [3.63, 3.8) is 0 Å². The second kappa shape index (κ2) is 6.26. The van der Waals surface area contributed by atoms with Gasteiger partial charge in [-0.3, -0.25) is 14.9 Å². The van der Waals surface area contributed by atoms with Gasteiger partial charge in [-0.25, -0.2) is 0 Å². The molecule has 0 heterocycles. The number of benzene rings is 3. The van der Waals surface area contributed by atoms with Gasteiger partial charge in [-0.15, -0.1) is 0 Å². The summed E-state index contributed by atoms with van der Waals surface area (Å²) in [6.07, 6.45) is 2.04. The summed E-state index contributed by atoms with van der Waals surface area (Å²) < 4.78 is 0. The molecule has 26 heavy (non-hydrogen) atoms. The van der Waals surface area contributed by atoms with Crippen molar-refractivity contribution in [2.45, 2.75) is 19.4 Å². The molecule has 0 atom stereocenters. The first-order chi connectivity index (χ1) is 12.5. The minimum Gasteiger partial charge on any atom is -0.337 e. The quantitative estimate of drug-likeness (QED) is 0.527. The van der Waals surface area contributed by atoms with Crippen LogP contribution in [0.15, 0.2) is 54.6 Å². The van der Waals surface area contributed by atoms with Crippen LogP contribution in [0.5, 0.6) is 0 Å². The molecule has 3 aromatic carbocycles. The maximum atomic E-state index is 13.0. The Hall–Kier alpha value is -3.21. The summed E-state index contributed by atoms with van der Waals surface area (Å²) in [5.41, 5.74) is 4.05. The summed E-state index contributed by atoms with van der Waals surface area (Å²) in [6, 6.07) is 16.5. The fourth-order valence-corrected chi connectivity index (χ4v) is 3.75. The summed E-state index contributed by atoms with van der Waals surface area (Å²) in [7, 11) is 1.73. The van der Waals surface area contributed by atoms with Gasteiger partial charge >= 0.3 is 0 Å². The number of rotatable bonds is 4. The molecule has 0 radical (unpaired) electrons. The van der Waals surface area contributed by atoms with Gasteiger partial charge < -0.3 is 4.90 Å². The highest BCUT2D eigenvalue weighted by Gasteiger charge is 2.21. The van der Waals surface area contributed by atoms with Gasteiger partial charge in [-0.1, -0.05) is 36.4 Å². The van der Waals surface area contributed by atoms with E-state index in [-0.39, 0.29) is 11.6 Å². The van der Waals surface area contributed by atoms with Crippen LogP contribution in [0.3, 0.4) is 0 Å². The lowest BCUT2D eigenvalue weighted by atomic mass is 9.99. The predicted molar refractivity (Wildman–Crippen MR) is 100 cm³/mol.